The summed E-state index contributed by atoms with van der Waals surface area (Å²) in [6, 6.07) is 12.7. The monoisotopic (exact) mass is 269 g/mol. The lowest BCUT2D eigenvalue weighted by molar-refractivity contribution is 0.873. The molecule has 3 heteroatoms. The SMILES string of the molecule is CCCNc1cncc(N(C)CCc2ccccc2)c1. The summed E-state index contributed by atoms with van der Waals surface area (Å²) in [4.78, 5) is 6.56. The molecule has 0 saturated heterocycles. The predicted molar refractivity (Wildman–Crippen MR) is 86.4 cm³/mol. The van der Waals surface area contributed by atoms with Gasteiger partial charge in [-0.3, -0.25) is 4.98 Å². The van der Waals surface area contributed by atoms with Crippen molar-refractivity contribution in [1.29, 1.82) is 0 Å². The van der Waals surface area contributed by atoms with E-state index in [0.29, 0.717) is 0 Å². The first-order valence-corrected chi connectivity index (χ1v) is 7.23. The summed E-state index contributed by atoms with van der Waals surface area (Å²) in [6.07, 6.45) is 5.96. The molecule has 0 saturated carbocycles. The van der Waals surface area contributed by atoms with Crippen molar-refractivity contribution in [3.63, 3.8) is 0 Å². The van der Waals surface area contributed by atoms with Crippen LogP contribution in [0.1, 0.15) is 18.9 Å². The molecule has 2 aromatic rings. The van der Waals surface area contributed by atoms with Crippen LogP contribution < -0.4 is 10.2 Å². The van der Waals surface area contributed by atoms with Crippen molar-refractivity contribution in [2.24, 2.45) is 0 Å². The molecule has 0 aliphatic rings. The fourth-order valence-electron chi connectivity index (χ4n) is 2.07. The van der Waals surface area contributed by atoms with Crippen LogP contribution in [0.15, 0.2) is 48.8 Å². The van der Waals surface area contributed by atoms with Crippen molar-refractivity contribution in [2.75, 3.05) is 30.4 Å². The number of nitrogens with one attached hydrogen (secondary N) is 1. The van der Waals surface area contributed by atoms with Crippen LogP contribution in [0, 0.1) is 0 Å². The number of benzene rings is 1. The molecule has 0 fully saturated rings. The molecule has 20 heavy (non-hydrogen) atoms. The fraction of sp³-hybridized carbons (Fsp3) is 0.353. The quantitative estimate of drug-likeness (QED) is 0.832. The van der Waals surface area contributed by atoms with Crippen LogP contribution in [-0.4, -0.2) is 25.1 Å². The van der Waals surface area contributed by atoms with Crippen molar-refractivity contribution >= 4 is 11.4 Å². The normalized spacial score (nSPS) is 10.3. The van der Waals surface area contributed by atoms with E-state index in [1.54, 1.807) is 0 Å². The molecule has 1 heterocycles. The Hall–Kier alpha value is -2.03. The Morgan fingerprint density at radius 1 is 1.15 bits per heavy atom. The molecule has 0 aliphatic heterocycles. The highest BCUT2D eigenvalue weighted by Crippen LogP contribution is 2.17. The molecule has 0 amide bonds. The van der Waals surface area contributed by atoms with E-state index >= 15 is 0 Å². The fourth-order valence-corrected chi connectivity index (χ4v) is 2.07. The lowest BCUT2D eigenvalue weighted by atomic mass is 10.1. The lowest BCUT2D eigenvalue weighted by Gasteiger charge is -2.19. The van der Waals surface area contributed by atoms with Crippen LogP contribution >= 0.6 is 0 Å². The zero-order chi connectivity index (χ0) is 14.2. The van der Waals surface area contributed by atoms with E-state index < -0.39 is 0 Å². The van der Waals surface area contributed by atoms with Gasteiger partial charge in [-0.25, -0.2) is 0 Å². The molecule has 0 atom stereocenters. The third-order valence-corrected chi connectivity index (χ3v) is 3.32. The second-order valence-corrected chi connectivity index (χ2v) is 5.02. The maximum Gasteiger partial charge on any atom is 0.0570 e. The maximum atomic E-state index is 4.31. The number of anilines is 2. The lowest BCUT2D eigenvalue weighted by Crippen LogP contribution is -2.20. The first kappa shape index (κ1) is 14.4. The summed E-state index contributed by atoms with van der Waals surface area (Å²) in [5.74, 6) is 0. The summed E-state index contributed by atoms with van der Waals surface area (Å²) in [5, 5.41) is 3.37. The van der Waals surface area contributed by atoms with Gasteiger partial charge in [-0.2, -0.15) is 0 Å². The van der Waals surface area contributed by atoms with Crippen LogP contribution in [0.5, 0.6) is 0 Å². The molecule has 0 radical (unpaired) electrons. The molecular formula is C17H23N3. The molecular weight excluding hydrogens is 246 g/mol. The Morgan fingerprint density at radius 3 is 2.70 bits per heavy atom. The Kier molecular flexibility index (Phi) is 5.42. The number of aromatic nitrogens is 1. The van der Waals surface area contributed by atoms with E-state index in [9.17, 15) is 0 Å². The van der Waals surface area contributed by atoms with Crippen LogP contribution in [-0.2, 0) is 6.42 Å². The molecule has 3 nitrogen and oxygen atoms in total. The maximum absolute atomic E-state index is 4.31. The van der Waals surface area contributed by atoms with Crippen LogP contribution in [0.3, 0.4) is 0 Å². The van der Waals surface area contributed by atoms with E-state index in [4.69, 9.17) is 0 Å². The summed E-state index contributed by atoms with van der Waals surface area (Å²) >= 11 is 0. The van der Waals surface area contributed by atoms with Gasteiger partial charge in [0.25, 0.3) is 0 Å². The second kappa shape index (κ2) is 7.53. The third-order valence-electron chi connectivity index (χ3n) is 3.32. The van der Waals surface area contributed by atoms with Crippen molar-refractivity contribution in [3.8, 4) is 0 Å². The Balaban J connectivity index is 1.93. The number of hydrogen-bond acceptors (Lipinski definition) is 3. The van der Waals surface area contributed by atoms with Gasteiger partial charge in [0.05, 0.1) is 23.8 Å². The minimum absolute atomic E-state index is 0.985. The third kappa shape index (κ3) is 4.26. The van der Waals surface area contributed by atoms with Gasteiger partial charge in [-0.15, -0.1) is 0 Å². The highest BCUT2D eigenvalue weighted by atomic mass is 15.1. The van der Waals surface area contributed by atoms with Crippen molar-refractivity contribution in [2.45, 2.75) is 19.8 Å². The van der Waals surface area contributed by atoms with Crippen LogP contribution in [0.2, 0.25) is 0 Å². The minimum Gasteiger partial charge on any atom is -0.384 e. The van der Waals surface area contributed by atoms with Gasteiger partial charge in [0.15, 0.2) is 0 Å². The molecule has 0 bridgehead atoms. The molecule has 0 aliphatic carbocycles. The number of likely N-dealkylation sites (N-methyl/N-ethyl adjacent to an activating group) is 1. The molecule has 1 aromatic carbocycles. The Bertz CT molecular complexity index is 511. The zero-order valence-electron chi connectivity index (χ0n) is 12.3. The van der Waals surface area contributed by atoms with Gasteiger partial charge < -0.3 is 10.2 Å². The molecule has 0 unspecified atom stereocenters. The smallest absolute Gasteiger partial charge is 0.0570 e. The molecule has 106 valence electrons. The predicted octanol–water partition coefficient (Wildman–Crippen LogP) is 3.58. The average Bonchev–Trinajstić information content (AvgIpc) is 2.52. The zero-order valence-corrected chi connectivity index (χ0v) is 12.3. The number of pyridine rings is 1. The molecule has 0 spiro atoms. The first-order chi connectivity index (χ1) is 9.79. The summed E-state index contributed by atoms with van der Waals surface area (Å²) in [7, 11) is 2.11. The number of rotatable bonds is 7. The summed E-state index contributed by atoms with van der Waals surface area (Å²) < 4.78 is 0. The van der Waals surface area contributed by atoms with Gasteiger partial charge >= 0.3 is 0 Å². The van der Waals surface area contributed by atoms with E-state index in [-0.39, 0.29) is 0 Å². The Labute approximate surface area is 121 Å². The van der Waals surface area contributed by atoms with E-state index in [2.05, 4.69) is 65.6 Å². The van der Waals surface area contributed by atoms with Crippen molar-refractivity contribution in [1.82, 2.24) is 4.98 Å². The largest absolute Gasteiger partial charge is 0.384 e. The van der Waals surface area contributed by atoms with Gasteiger partial charge in [-0.1, -0.05) is 37.3 Å². The van der Waals surface area contributed by atoms with Crippen molar-refractivity contribution in [3.05, 3.63) is 54.4 Å². The summed E-state index contributed by atoms with van der Waals surface area (Å²) in [6.45, 7) is 4.14. The van der Waals surface area contributed by atoms with E-state index in [1.807, 2.05) is 12.4 Å². The Morgan fingerprint density at radius 2 is 1.95 bits per heavy atom. The molecule has 2 rings (SSSR count). The van der Waals surface area contributed by atoms with Gasteiger partial charge in [-0.05, 0) is 24.5 Å². The first-order valence-electron chi connectivity index (χ1n) is 7.23. The molecule has 1 aromatic heterocycles. The minimum atomic E-state index is 0.985. The second-order valence-electron chi connectivity index (χ2n) is 5.02. The summed E-state index contributed by atoms with van der Waals surface area (Å²) in [5.41, 5.74) is 3.62. The van der Waals surface area contributed by atoms with Gasteiger partial charge in [0.2, 0.25) is 0 Å². The van der Waals surface area contributed by atoms with Crippen LogP contribution in [0.4, 0.5) is 11.4 Å². The van der Waals surface area contributed by atoms with Gasteiger partial charge in [0.1, 0.15) is 0 Å². The van der Waals surface area contributed by atoms with Crippen molar-refractivity contribution < 1.29 is 0 Å². The van der Waals surface area contributed by atoms with E-state index in [0.717, 1.165) is 37.3 Å². The average molecular weight is 269 g/mol. The standard InChI is InChI=1S/C17H23N3/c1-3-10-19-16-12-17(14-18-13-16)20(2)11-9-15-7-5-4-6-8-15/h4-8,12-14,19H,3,9-11H2,1-2H3. The van der Waals surface area contributed by atoms with Gasteiger partial charge in [0, 0.05) is 20.1 Å². The highest BCUT2D eigenvalue weighted by molar-refractivity contribution is 5.55. The van der Waals surface area contributed by atoms with E-state index in [1.165, 1.54) is 5.56 Å². The topological polar surface area (TPSA) is 28.2 Å². The highest BCUT2D eigenvalue weighted by Gasteiger charge is 2.03. The van der Waals surface area contributed by atoms with Crippen LogP contribution in [0.25, 0.3) is 0 Å². The molecule has 1 N–H and O–H groups in total. The number of hydrogen-bond donors (Lipinski definition) is 1. The number of nitrogens with zero attached hydrogens (tertiary/aromatic N) is 2.